The molecule has 0 aromatic carbocycles. The first kappa shape index (κ1) is 15.9. The zero-order valence-electron chi connectivity index (χ0n) is 12.6. The van der Waals surface area contributed by atoms with E-state index >= 15 is 0 Å². The van der Waals surface area contributed by atoms with Gasteiger partial charge in [0.05, 0.1) is 29.6 Å². The van der Waals surface area contributed by atoms with Crippen molar-refractivity contribution in [3.63, 3.8) is 0 Å². The van der Waals surface area contributed by atoms with Crippen molar-refractivity contribution in [2.45, 2.75) is 50.1 Å². The first-order chi connectivity index (χ1) is 10.1. The van der Waals surface area contributed by atoms with Gasteiger partial charge in [0.25, 0.3) is 0 Å². The van der Waals surface area contributed by atoms with Crippen LogP contribution in [0.5, 0.6) is 0 Å². The highest BCUT2D eigenvalue weighted by Crippen LogP contribution is 2.66. The fourth-order valence-corrected chi connectivity index (χ4v) is 4.64. The summed E-state index contributed by atoms with van der Waals surface area (Å²) in [6.45, 7) is 1.71. The minimum absolute atomic E-state index is 0.0352. The first-order valence-electron chi connectivity index (χ1n) is 7.37. The summed E-state index contributed by atoms with van der Waals surface area (Å²) in [5.74, 6) is -0.908. The van der Waals surface area contributed by atoms with Crippen molar-refractivity contribution in [3.8, 4) is 0 Å². The number of hydrogen-bond donors (Lipinski definition) is 5. The summed E-state index contributed by atoms with van der Waals surface area (Å²) in [5.41, 5.74) is -5.70. The number of aliphatic hydroxyl groups is 5. The second-order valence-corrected chi connectivity index (χ2v) is 7.15. The van der Waals surface area contributed by atoms with E-state index in [4.69, 9.17) is 4.74 Å². The second-order valence-electron chi connectivity index (χ2n) is 7.15. The number of carbonyl (C=O) groups excluding carboxylic acids is 1. The topological polar surface area (TPSA) is 127 Å². The molecule has 2 bridgehead atoms. The van der Waals surface area contributed by atoms with Crippen molar-refractivity contribution < 1.29 is 35.1 Å². The van der Waals surface area contributed by atoms with Crippen molar-refractivity contribution in [2.75, 3.05) is 13.2 Å². The van der Waals surface area contributed by atoms with E-state index in [2.05, 4.69) is 0 Å². The highest BCUT2D eigenvalue weighted by atomic mass is 16.6. The number of hydrogen-bond acceptors (Lipinski definition) is 7. The zero-order valence-corrected chi connectivity index (χ0v) is 12.6. The van der Waals surface area contributed by atoms with Gasteiger partial charge in [-0.3, -0.25) is 0 Å². The van der Waals surface area contributed by atoms with E-state index in [1.54, 1.807) is 6.08 Å². The zero-order chi connectivity index (χ0) is 16.6. The van der Waals surface area contributed by atoms with Crippen LogP contribution in [0.25, 0.3) is 0 Å². The van der Waals surface area contributed by atoms with Gasteiger partial charge in [-0.2, -0.15) is 0 Å². The third kappa shape index (κ3) is 1.42. The molecule has 1 saturated carbocycles. The molecule has 2 aliphatic carbocycles. The van der Waals surface area contributed by atoms with E-state index < -0.39 is 53.4 Å². The molecule has 22 heavy (non-hydrogen) atoms. The summed E-state index contributed by atoms with van der Waals surface area (Å²) < 4.78 is 5.14. The Balaban J connectivity index is 2.30. The third-order valence-corrected chi connectivity index (χ3v) is 6.25. The molecule has 0 aromatic heterocycles. The molecule has 0 unspecified atom stereocenters. The lowest BCUT2D eigenvalue weighted by Gasteiger charge is -2.63. The fraction of sp³-hybridized carbons (Fsp3) is 0.800. The minimum atomic E-state index is -1.72. The van der Waals surface area contributed by atoms with Crippen molar-refractivity contribution >= 4 is 5.97 Å². The van der Waals surface area contributed by atoms with Gasteiger partial charge in [0.2, 0.25) is 0 Å². The average molecular weight is 314 g/mol. The number of ether oxygens (including phenoxy) is 1. The molecule has 3 rings (SSSR count). The molecule has 3 aliphatic rings. The lowest BCUT2D eigenvalue weighted by atomic mass is 9.47. The number of esters is 1. The Morgan fingerprint density at radius 3 is 2.41 bits per heavy atom. The van der Waals surface area contributed by atoms with Gasteiger partial charge in [0, 0.05) is 6.42 Å². The maximum absolute atomic E-state index is 12.1. The van der Waals surface area contributed by atoms with Gasteiger partial charge < -0.3 is 30.3 Å². The Morgan fingerprint density at radius 2 is 1.86 bits per heavy atom. The lowest BCUT2D eigenvalue weighted by Crippen LogP contribution is -2.74. The Bertz CT molecular complexity index is 546. The predicted octanol–water partition coefficient (Wildman–Crippen LogP) is -1.53. The maximum Gasteiger partial charge on any atom is 0.336 e. The molecule has 1 aliphatic heterocycles. The quantitative estimate of drug-likeness (QED) is 0.309. The molecular formula is C15H22O7. The highest BCUT2D eigenvalue weighted by Gasteiger charge is 2.75. The number of fused-ring (bicyclic) bond motifs is 1. The minimum Gasteiger partial charge on any atom is -0.457 e. The molecule has 7 nitrogen and oxygen atoms in total. The highest BCUT2D eigenvalue weighted by molar-refractivity contribution is 5.79. The summed E-state index contributed by atoms with van der Waals surface area (Å²) in [5, 5.41) is 52.0. The molecular weight excluding hydrogens is 292 g/mol. The van der Waals surface area contributed by atoms with E-state index in [-0.39, 0.29) is 12.8 Å². The van der Waals surface area contributed by atoms with Crippen LogP contribution in [0, 0.1) is 10.8 Å². The molecule has 0 radical (unpaired) electrons. The molecule has 5 N–H and O–H groups in total. The fourth-order valence-electron chi connectivity index (χ4n) is 4.64. The van der Waals surface area contributed by atoms with Gasteiger partial charge in [0.1, 0.15) is 11.7 Å². The summed E-state index contributed by atoms with van der Waals surface area (Å²) in [7, 11) is 0. The van der Waals surface area contributed by atoms with E-state index in [0.29, 0.717) is 5.57 Å². The van der Waals surface area contributed by atoms with E-state index in [9.17, 15) is 30.3 Å². The first-order valence-corrected chi connectivity index (χ1v) is 7.37. The number of rotatable bonds is 2. The van der Waals surface area contributed by atoms with Crippen LogP contribution in [0.15, 0.2) is 11.6 Å². The Hall–Kier alpha value is -0.990. The predicted molar refractivity (Wildman–Crippen MR) is 73.5 cm³/mol. The normalized spacial score (nSPS) is 49.4. The van der Waals surface area contributed by atoms with Crippen LogP contribution in [0.3, 0.4) is 0 Å². The van der Waals surface area contributed by atoms with Crippen LogP contribution < -0.4 is 0 Å². The lowest BCUT2D eigenvalue weighted by molar-refractivity contribution is -0.268. The smallest absolute Gasteiger partial charge is 0.336 e. The Kier molecular flexibility index (Phi) is 3.11. The van der Waals surface area contributed by atoms with Gasteiger partial charge in [-0.25, -0.2) is 4.79 Å². The van der Waals surface area contributed by atoms with Crippen LogP contribution in [0.1, 0.15) is 26.7 Å². The van der Waals surface area contributed by atoms with Gasteiger partial charge in [-0.05, 0) is 25.8 Å². The Morgan fingerprint density at radius 1 is 1.27 bits per heavy atom. The van der Waals surface area contributed by atoms with Crippen LogP contribution in [0.4, 0.5) is 0 Å². The van der Waals surface area contributed by atoms with Crippen LogP contribution >= 0.6 is 0 Å². The second kappa shape index (κ2) is 4.30. The molecule has 1 saturated heterocycles. The molecule has 124 valence electrons. The average Bonchev–Trinajstić information content (AvgIpc) is 2.71. The summed E-state index contributed by atoms with van der Waals surface area (Å²) >= 11 is 0. The van der Waals surface area contributed by atoms with E-state index in [1.165, 1.54) is 13.8 Å². The van der Waals surface area contributed by atoms with Crippen LogP contribution in [-0.2, 0) is 9.53 Å². The molecule has 2 fully saturated rings. The molecule has 0 amide bonds. The third-order valence-electron chi connectivity index (χ3n) is 6.25. The maximum atomic E-state index is 12.1. The summed E-state index contributed by atoms with van der Waals surface area (Å²) in [6, 6.07) is 0. The largest absolute Gasteiger partial charge is 0.457 e. The molecule has 7 heteroatoms. The van der Waals surface area contributed by atoms with Crippen molar-refractivity contribution in [1.82, 2.24) is 0 Å². The van der Waals surface area contributed by atoms with Crippen molar-refractivity contribution in [3.05, 3.63) is 11.6 Å². The monoisotopic (exact) mass is 314 g/mol. The van der Waals surface area contributed by atoms with Crippen molar-refractivity contribution in [2.24, 2.45) is 10.8 Å². The standard InChI is InChI=1S/C15H22O7/c1-12(20)4-3-8-14(6-16,7-17)13(2,21)9-5-15(8,12)10(18)11(19)22-9/h3,9-10,16-18,20-21H,4-7H2,1-2H3/t9-,10+,12+,13+,15+/m0/s1. The van der Waals surface area contributed by atoms with Gasteiger partial charge in [-0.1, -0.05) is 6.08 Å². The van der Waals surface area contributed by atoms with Gasteiger partial charge >= 0.3 is 5.97 Å². The van der Waals surface area contributed by atoms with Gasteiger partial charge in [0.15, 0.2) is 6.10 Å². The van der Waals surface area contributed by atoms with Crippen LogP contribution in [-0.4, -0.2) is 68.1 Å². The molecule has 1 heterocycles. The summed E-state index contributed by atoms with van der Waals surface area (Å²) in [4.78, 5) is 12.1. The SMILES string of the molecule is C[C@@]1(O)[C@@H]2C[C@@]3(C(=CC[C@@]3(C)O)C1(CO)CO)[C@H](O)C(=O)O2. The van der Waals surface area contributed by atoms with Crippen LogP contribution in [0.2, 0.25) is 0 Å². The van der Waals surface area contributed by atoms with E-state index in [1.807, 2.05) is 0 Å². The number of aliphatic hydroxyl groups excluding tert-OH is 3. The molecule has 1 spiro atoms. The Labute approximate surface area is 127 Å². The van der Waals surface area contributed by atoms with Crippen molar-refractivity contribution in [1.29, 1.82) is 0 Å². The number of carbonyl (C=O) groups is 1. The van der Waals surface area contributed by atoms with E-state index in [0.717, 1.165) is 0 Å². The molecule has 5 atom stereocenters. The van der Waals surface area contributed by atoms with Gasteiger partial charge in [-0.15, -0.1) is 0 Å². The summed E-state index contributed by atoms with van der Waals surface area (Å²) in [6.07, 6.45) is -0.852. The molecule has 0 aromatic rings.